The number of benzene rings is 2. The highest BCUT2D eigenvalue weighted by atomic mass is 79.9. The first-order valence-electron chi connectivity index (χ1n) is 11.0. The smallest absolute Gasteiger partial charge is 0.341 e. The number of halogens is 2. The minimum absolute atomic E-state index is 0.183. The second-order valence-electron chi connectivity index (χ2n) is 7.77. The number of thiophene rings is 1. The monoisotopic (exact) mass is 563 g/mol. The molecule has 0 saturated heterocycles. The molecular weight excluding hydrogens is 538 g/mol. The molecule has 1 heterocycles. The van der Waals surface area contributed by atoms with Crippen LogP contribution in [0.15, 0.2) is 40.9 Å². The fourth-order valence-corrected chi connectivity index (χ4v) is 5.36. The Hall–Kier alpha value is -2.35. The van der Waals surface area contributed by atoms with Gasteiger partial charge < -0.3 is 14.8 Å². The van der Waals surface area contributed by atoms with Crippen LogP contribution in [-0.2, 0) is 9.53 Å². The summed E-state index contributed by atoms with van der Waals surface area (Å²) < 4.78 is 12.0. The molecule has 8 heteroatoms. The lowest BCUT2D eigenvalue weighted by Crippen LogP contribution is -2.15. The molecule has 2 aromatic carbocycles. The third-order valence-electron chi connectivity index (χ3n) is 5.25. The lowest BCUT2D eigenvalue weighted by Gasteiger charge is -2.13. The van der Waals surface area contributed by atoms with Gasteiger partial charge in [-0.2, -0.15) is 0 Å². The van der Waals surface area contributed by atoms with Crippen LogP contribution >= 0.6 is 38.9 Å². The van der Waals surface area contributed by atoms with Gasteiger partial charge in [-0.3, -0.25) is 4.79 Å². The maximum Gasteiger partial charge on any atom is 0.341 e. The Morgan fingerprint density at radius 2 is 1.85 bits per heavy atom. The Morgan fingerprint density at radius 1 is 1.15 bits per heavy atom. The molecule has 3 aromatic rings. The predicted octanol–water partition coefficient (Wildman–Crippen LogP) is 7.73. The first-order chi connectivity index (χ1) is 16.2. The highest BCUT2D eigenvalue weighted by molar-refractivity contribution is 9.10. The Labute approximate surface area is 217 Å². The summed E-state index contributed by atoms with van der Waals surface area (Å²) in [5, 5.41) is 4.13. The molecule has 0 aliphatic carbocycles. The summed E-state index contributed by atoms with van der Waals surface area (Å²) in [6.45, 7) is 8.18. The molecule has 5 nitrogen and oxygen atoms in total. The molecule has 1 aromatic heterocycles. The quantitative estimate of drug-likeness (QED) is 0.213. The zero-order valence-corrected chi connectivity index (χ0v) is 22.7. The van der Waals surface area contributed by atoms with Crippen LogP contribution in [0.25, 0.3) is 11.1 Å². The first kappa shape index (κ1) is 26.3. The van der Waals surface area contributed by atoms with Gasteiger partial charge in [0.1, 0.15) is 16.3 Å². The van der Waals surface area contributed by atoms with Crippen LogP contribution in [0.4, 0.5) is 5.00 Å². The summed E-state index contributed by atoms with van der Waals surface area (Å²) in [4.78, 5) is 26.4. The second-order valence-corrected chi connectivity index (χ2v) is 10.2. The average molecular weight is 565 g/mol. The maximum absolute atomic E-state index is 12.8. The second kappa shape index (κ2) is 11.9. The number of hydrogen-bond acceptors (Lipinski definition) is 5. The number of nitrogens with one attached hydrogen (secondary N) is 1. The van der Waals surface area contributed by atoms with Gasteiger partial charge in [0.25, 0.3) is 0 Å². The molecule has 1 amide bonds. The Balaban J connectivity index is 1.69. The Kier molecular flexibility index (Phi) is 9.17. The largest absolute Gasteiger partial charge is 0.492 e. The zero-order chi connectivity index (χ0) is 24.8. The van der Waals surface area contributed by atoms with E-state index in [0.29, 0.717) is 34.4 Å². The Bertz CT molecular complexity index is 1190. The molecule has 0 aliphatic rings. The summed E-state index contributed by atoms with van der Waals surface area (Å²) >= 11 is 11.2. The van der Waals surface area contributed by atoms with Gasteiger partial charge in [0, 0.05) is 21.9 Å². The SMILES string of the molecule is CCOC(=O)c1c(NC(=O)CCCOc2cc(C)c(Cl)c(C)c2Br)sc(C)c1-c1ccccc1. The number of carbonyl (C=O) groups is 2. The van der Waals surface area contributed by atoms with Gasteiger partial charge in [-0.1, -0.05) is 41.9 Å². The van der Waals surface area contributed by atoms with Gasteiger partial charge >= 0.3 is 5.97 Å². The van der Waals surface area contributed by atoms with Crippen LogP contribution in [0.3, 0.4) is 0 Å². The molecule has 0 unspecified atom stereocenters. The van der Waals surface area contributed by atoms with Crippen molar-refractivity contribution < 1.29 is 19.1 Å². The average Bonchev–Trinajstić information content (AvgIpc) is 3.14. The van der Waals surface area contributed by atoms with E-state index in [2.05, 4.69) is 21.2 Å². The van der Waals surface area contributed by atoms with E-state index in [-0.39, 0.29) is 18.9 Å². The van der Waals surface area contributed by atoms with Crippen molar-refractivity contribution in [3.8, 4) is 16.9 Å². The fraction of sp³-hybridized carbons (Fsp3) is 0.308. The normalized spacial score (nSPS) is 10.8. The van der Waals surface area contributed by atoms with E-state index < -0.39 is 5.97 Å². The van der Waals surface area contributed by atoms with E-state index in [1.807, 2.05) is 57.2 Å². The van der Waals surface area contributed by atoms with Gasteiger partial charge in [0.2, 0.25) is 5.91 Å². The minimum atomic E-state index is -0.442. The number of ether oxygens (including phenoxy) is 2. The molecule has 0 spiro atoms. The van der Waals surface area contributed by atoms with E-state index in [9.17, 15) is 9.59 Å². The lowest BCUT2D eigenvalue weighted by atomic mass is 10.0. The Morgan fingerprint density at radius 3 is 2.53 bits per heavy atom. The fourth-order valence-electron chi connectivity index (χ4n) is 3.59. The maximum atomic E-state index is 12.8. The minimum Gasteiger partial charge on any atom is -0.492 e. The molecule has 0 saturated carbocycles. The van der Waals surface area contributed by atoms with Gasteiger partial charge in [0.05, 0.1) is 17.7 Å². The van der Waals surface area contributed by atoms with Crippen LogP contribution in [0.5, 0.6) is 5.75 Å². The molecule has 0 aliphatic heterocycles. The first-order valence-corrected chi connectivity index (χ1v) is 13.0. The van der Waals surface area contributed by atoms with E-state index in [1.54, 1.807) is 6.92 Å². The van der Waals surface area contributed by atoms with Crippen LogP contribution in [-0.4, -0.2) is 25.1 Å². The van der Waals surface area contributed by atoms with Crippen molar-refractivity contribution in [1.29, 1.82) is 0 Å². The van der Waals surface area contributed by atoms with Crippen LogP contribution < -0.4 is 10.1 Å². The molecular formula is C26H27BrClNO4S. The van der Waals surface area contributed by atoms with Gasteiger partial charge in [-0.25, -0.2) is 4.79 Å². The van der Waals surface area contributed by atoms with Crippen molar-refractivity contribution in [2.45, 2.75) is 40.5 Å². The molecule has 0 fully saturated rings. The summed E-state index contributed by atoms with van der Waals surface area (Å²) in [6, 6.07) is 11.5. The third-order valence-corrected chi connectivity index (χ3v) is 7.84. The molecule has 180 valence electrons. The number of rotatable bonds is 9. The van der Waals surface area contributed by atoms with E-state index in [0.717, 1.165) is 31.6 Å². The van der Waals surface area contributed by atoms with Gasteiger partial charge in [-0.15, -0.1) is 11.3 Å². The molecule has 1 N–H and O–H groups in total. The van der Waals surface area contributed by atoms with Crippen molar-refractivity contribution >= 4 is 55.7 Å². The van der Waals surface area contributed by atoms with E-state index in [4.69, 9.17) is 21.1 Å². The van der Waals surface area contributed by atoms with Crippen molar-refractivity contribution in [3.63, 3.8) is 0 Å². The summed E-state index contributed by atoms with van der Waals surface area (Å²) in [7, 11) is 0. The van der Waals surface area contributed by atoms with Gasteiger partial charge in [-0.05, 0) is 72.8 Å². The third kappa shape index (κ3) is 6.01. The molecule has 34 heavy (non-hydrogen) atoms. The molecule has 0 radical (unpaired) electrons. The van der Waals surface area contributed by atoms with Crippen molar-refractivity contribution in [2.24, 2.45) is 0 Å². The van der Waals surface area contributed by atoms with Crippen LogP contribution in [0.2, 0.25) is 5.02 Å². The predicted molar refractivity (Wildman–Crippen MR) is 142 cm³/mol. The number of carbonyl (C=O) groups excluding carboxylic acids is 2. The number of aryl methyl sites for hydroxylation is 2. The van der Waals surface area contributed by atoms with E-state index >= 15 is 0 Å². The highest BCUT2D eigenvalue weighted by Crippen LogP contribution is 2.40. The summed E-state index contributed by atoms with van der Waals surface area (Å²) in [5.41, 5.74) is 3.96. The lowest BCUT2D eigenvalue weighted by molar-refractivity contribution is -0.116. The number of hydrogen-bond donors (Lipinski definition) is 1. The zero-order valence-electron chi connectivity index (χ0n) is 19.6. The number of amides is 1. The molecule has 0 atom stereocenters. The standard InChI is InChI=1S/C26H27BrClNO4S/c1-5-32-26(31)22-21(18-10-7-6-8-11-18)17(4)34-25(22)29-20(30)12-9-13-33-19-14-15(2)24(28)16(3)23(19)27/h6-8,10-11,14H,5,9,12-13H2,1-4H3,(H,29,30). The van der Waals surface area contributed by atoms with Crippen molar-refractivity contribution in [3.05, 3.63) is 67.5 Å². The topological polar surface area (TPSA) is 64.6 Å². The van der Waals surface area contributed by atoms with Crippen molar-refractivity contribution in [1.82, 2.24) is 0 Å². The van der Waals surface area contributed by atoms with E-state index in [1.165, 1.54) is 11.3 Å². The summed E-state index contributed by atoms with van der Waals surface area (Å²) in [6.07, 6.45) is 0.771. The van der Waals surface area contributed by atoms with Crippen LogP contribution in [0.1, 0.15) is 46.1 Å². The van der Waals surface area contributed by atoms with Gasteiger partial charge in [0.15, 0.2) is 0 Å². The van der Waals surface area contributed by atoms with Crippen LogP contribution in [0, 0.1) is 20.8 Å². The summed E-state index contributed by atoms with van der Waals surface area (Å²) in [5.74, 6) is 0.0750. The van der Waals surface area contributed by atoms with Crippen molar-refractivity contribution in [2.75, 3.05) is 18.5 Å². The molecule has 0 bridgehead atoms. The number of esters is 1. The molecule has 3 rings (SSSR count). The number of anilines is 1. The highest BCUT2D eigenvalue weighted by Gasteiger charge is 2.25.